The number of ether oxygens (including phenoxy) is 1. The maximum Gasteiger partial charge on any atom is 0.0593 e. The van der Waals surface area contributed by atoms with Crippen molar-refractivity contribution < 1.29 is 4.74 Å². The first-order valence-electron chi connectivity index (χ1n) is 8.69. The van der Waals surface area contributed by atoms with Gasteiger partial charge < -0.3 is 10.1 Å². The molecule has 120 valence electrons. The van der Waals surface area contributed by atoms with E-state index in [2.05, 4.69) is 44.8 Å². The van der Waals surface area contributed by atoms with Crippen molar-refractivity contribution in [2.24, 2.45) is 11.8 Å². The molecule has 0 aliphatic heterocycles. The normalized spacial score (nSPS) is 27.4. The van der Waals surface area contributed by atoms with Crippen LogP contribution in [0.25, 0.3) is 0 Å². The predicted octanol–water partition coefficient (Wildman–Crippen LogP) is 3.15. The van der Waals surface area contributed by atoms with E-state index >= 15 is 0 Å². The van der Waals surface area contributed by atoms with Crippen LogP contribution in [-0.4, -0.2) is 49.8 Å². The second kappa shape index (κ2) is 9.75. The van der Waals surface area contributed by atoms with Crippen LogP contribution in [0.2, 0.25) is 0 Å². The van der Waals surface area contributed by atoms with Gasteiger partial charge in [0, 0.05) is 25.2 Å². The van der Waals surface area contributed by atoms with Crippen molar-refractivity contribution >= 4 is 0 Å². The summed E-state index contributed by atoms with van der Waals surface area (Å²) in [5.74, 6) is 1.70. The van der Waals surface area contributed by atoms with Gasteiger partial charge in [0.2, 0.25) is 0 Å². The van der Waals surface area contributed by atoms with Crippen LogP contribution in [0.15, 0.2) is 0 Å². The summed E-state index contributed by atoms with van der Waals surface area (Å²) in [6.45, 7) is 16.3. The number of rotatable bonds is 9. The molecule has 0 heterocycles. The molecule has 1 aliphatic carbocycles. The monoisotopic (exact) mass is 284 g/mol. The van der Waals surface area contributed by atoms with E-state index in [4.69, 9.17) is 4.74 Å². The van der Waals surface area contributed by atoms with E-state index in [0.29, 0.717) is 12.1 Å². The molecule has 0 saturated heterocycles. The zero-order valence-electron chi connectivity index (χ0n) is 14.3. The van der Waals surface area contributed by atoms with Gasteiger partial charge in [0.1, 0.15) is 0 Å². The topological polar surface area (TPSA) is 24.5 Å². The number of nitrogens with zero attached hydrogens (tertiary/aromatic N) is 1. The molecular weight excluding hydrogens is 248 g/mol. The first kappa shape index (κ1) is 17.9. The van der Waals surface area contributed by atoms with Gasteiger partial charge in [-0.3, -0.25) is 4.90 Å². The maximum atomic E-state index is 5.56. The summed E-state index contributed by atoms with van der Waals surface area (Å²) in [7, 11) is 0. The van der Waals surface area contributed by atoms with Crippen LogP contribution in [0.4, 0.5) is 0 Å². The lowest BCUT2D eigenvalue weighted by atomic mass is 9.76. The van der Waals surface area contributed by atoms with Crippen molar-refractivity contribution in [2.45, 2.75) is 66.0 Å². The Morgan fingerprint density at radius 3 is 2.50 bits per heavy atom. The van der Waals surface area contributed by atoms with Gasteiger partial charge in [-0.15, -0.1) is 0 Å². The van der Waals surface area contributed by atoms with E-state index in [1.54, 1.807) is 0 Å². The van der Waals surface area contributed by atoms with E-state index in [9.17, 15) is 0 Å². The van der Waals surface area contributed by atoms with Crippen LogP contribution in [0.3, 0.4) is 0 Å². The molecule has 20 heavy (non-hydrogen) atoms. The third-order valence-corrected chi connectivity index (χ3v) is 4.87. The summed E-state index contributed by atoms with van der Waals surface area (Å²) in [4.78, 5) is 2.64. The molecule has 3 atom stereocenters. The van der Waals surface area contributed by atoms with Gasteiger partial charge >= 0.3 is 0 Å². The van der Waals surface area contributed by atoms with Crippen molar-refractivity contribution in [1.82, 2.24) is 10.2 Å². The van der Waals surface area contributed by atoms with Gasteiger partial charge in [-0.25, -0.2) is 0 Å². The van der Waals surface area contributed by atoms with Gasteiger partial charge in [-0.1, -0.05) is 27.7 Å². The van der Waals surface area contributed by atoms with Crippen LogP contribution in [0, 0.1) is 11.8 Å². The Balaban J connectivity index is 2.64. The van der Waals surface area contributed by atoms with Crippen molar-refractivity contribution in [1.29, 1.82) is 0 Å². The third-order valence-electron chi connectivity index (χ3n) is 4.87. The molecular formula is C17H36N2O. The first-order chi connectivity index (χ1) is 9.63. The molecule has 3 unspecified atom stereocenters. The number of likely N-dealkylation sites (N-methyl/N-ethyl adjacent to an activating group) is 2. The largest absolute Gasteiger partial charge is 0.380 e. The van der Waals surface area contributed by atoms with E-state index in [1.165, 1.54) is 19.3 Å². The summed E-state index contributed by atoms with van der Waals surface area (Å²) in [5, 5.41) is 3.72. The summed E-state index contributed by atoms with van der Waals surface area (Å²) >= 11 is 0. The van der Waals surface area contributed by atoms with Crippen molar-refractivity contribution in [3.63, 3.8) is 0 Å². The summed E-state index contributed by atoms with van der Waals surface area (Å²) in [6, 6.07) is 1.35. The second-order valence-electron chi connectivity index (χ2n) is 6.37. The van der Waals surface area contributed by atoms with Crippen LogP contribution in [-0.2, 0) is 4.74 Å². The molecule has 1 saturated carbocycles. The highest BCUT2D eigenvalue weighted by atomic mass is 16.5. The van der Waals surface area contributed by atoms with E-state index < -0.39 is 0 Å². The van der Waals surface area contributed by atoms with Gasteiger partial charge in [-0.2, -0.15) is 0 Å². The van der Waals surface area contributed by atoms with Gasteiger partial charge in [-0.05, 0) is 51.1 Å². The SMILES string of the molecule is CCNC1CCC(C(C)C)CC1N(CC)CCOCC. The molecule has 1 rings (SSSR count). The molecule has 3 nitrogen and oxygen atoms in total. The van der Waals surface area contributed by atoms with Crippen LogP contribution in [0.5, 0.6) is 0 Å². The van der Waals surface area contributed by atoms with E-state index in [1.807, 2.05) is 0 Å². The molecule has 0 radical (unpaired) electrons. The Hall–Kier alpha value is -0.120. The lowest BCUT2D eigenvalue weighted by Gasteiger charge is -2.44. The molecule has 3 heteroatoms. The molecule has 0 spiro atoms. The zero-order valence-corrected chi connectivity index (χ0v) is 14.3. The molecule has 1 fully saturated rings. The quantitative estimate of drug-likeness (QED) is 0.658. The fraction of sp³-hybridized carbons (Fsp3) is 1.00. The number of nitrogens with one attached hydrogen (secondary N) is 1. The van der Waals surface area contributed by atoms with Crippen LogP contribution >= 0.6 is 0 Å². The van der Waals surface area contributed by atoms with Crippen molar-refractivity contribution in [3.8, 4) is 0 Å². The standard InChI is InChI=1S/C17H36N2O/c1-6-18-16-10-9-15(14(4)5)13-17(16)19(7-2)11-12-20-8-3/h14-18H,6-13H2,1-5H3. The maximum absolute atomic E-state index is 5.56. The minimum atomic E-state index is 0.663. The fourth-order valence-corrected chi connectivity index (χ4v) is 3.57. The van der Waals surface area contributed by atoms with Crippen molar-refractivity contribution in [3.05, 3.63) is 0 Å². The smallest absolute Gasteiger partial charge is 0.0593 e. The molecule has 0 bridgehead atoms. The Kier molecular flexibility index (Phi) is 8.74. The van der Waals surface area contributed by atoms with Gasteiger partial charge in [0.15, 0.2) is 0 Å². The average molecular weight is 284 g/mol. The highest BCUT2D eigenvalue weighted by molar-refractivity contribution is 4.91. The molecule has 0 amide bonds. The van der Waals surface area contributed by atoms with Gasteiger partial charge in [0.25, 0.3) is 0 Å². The van der Waals surface area contributed by atoms with Crippen LogP contribution < -0.4 is 5.32 Å². The highest BCUT2D eigenvalue weighted by Crippen LogP contribution is 2.32. The summed E-state index contributed by atoms with van der Waals surface area (Å²) < 4.78 is 5.56. The van der Waals surface area contributed by atoms with Crippen molar-refractivity contribution in [2.75, 3.05) is 32.8 Å². The van der Waals surface area contributed by atoms with E-state index in [0.717, 1.165) is 44.7 Å². The lowest BCUT2D eigenvalue weighted by Crippen LogP contribution is -2.54. The summed E-state index contributed by atoms with van der Waals surface area (Å²) in [6.07, 6.45) is 4.05. The fourth-order valence-electron chi connectivity index (χ4n) is 3.57. The Morgan fingerprint density at radius 1 is 1.20 bits per heavy atom. The first-order valence-corrected chi connectivity index (χ1v) is 8.69. The Labute approximate surface area is 126 Å². The summed E-state index contributed by atoms with van der Waals surface area (Å²) in [5.41, 5.74) is 0. The lowest BCUT2D eigenvalue weighted by molar-refractivity contribution is 0.0533. The molecule has 1 aliphatic rings. The molecule has 0 aromatic heterocycles. The zero-order chi connectivity index (χ0) is 15.0. The number of hydrogen-bond donors (Lipinski definition) is 1. The number of hydrogen-bond acceptors (Lipinski definition) is 3. The minimum absolute atomic E-state index is 0.663. The predicted molar refractivity (Wildman–Crippen MR) is 87.2 cm³/mol. The van der Waals surface area contributed by atoms with Gasteiger partial charge in [0.05, 0.1) is 6.61 Å². The van der Waals surface area contributed by atoms with Crippen LogP contribution in [0.1, 0.15) is 53.9 Å². The highest BCUT2D eigenvalue weighted by Gasteiger charge is 2.34. The average Bonchev–Trinajstić information content (AvgIpc) is 2.44. The molecule has 0 aromatic rings. The molecule has 0 aromatic carbocycles. The Bertz CT molecular complexity index is 245. The minimum Gasteiger partial charge on any atom is -0.380 e. The second-order valence-corrected chi connectivity index (χ2v) is 6.37. The third kappa shape index (κ3) is 5.34. The Morgan fingerprint density at radius 2 is 1.95 bits per heavy atom. The molecule has 1 N–H and O–H groups in total. The van der Waals surface area contributed by atoms with E-state index in [-0.39, 0.29) is 0 Å².